The van der Waals surface area contributed by atoms with E-state index in [0.29, 0.717) is 38.6 Å². The van der Waals surface area contributed by atoms with Crippen LogP contribution in [0, 0.1) is 11.6 Å². The van der Waals surface area contributed by atoms with Crippen molar-refractivity contribution >= 4 is 11.8 Å². The van der Waals surface area contributed by atoms with Gasteiger partial charge in [0.15, 0.2) is 0 Å². The second-order valence-corrected chi connectivity index (χ2v) is 7.23. The van der Waals surface area contributed by atoms with Gasteiger partial charge in [-0.25, -0.2) is 8.78 Å². The van der Waals surface area contributed by atoms with Gasteiger partial charge in [0.05, 0.1) is 17.4 Å². The maximum absolute atomic E-state index is 14.3. The van der Waals surface area contributed by atoms with E-state index in [2.05, 4.69) is 0 Å². The predicted molar refractivity (Wildman–Crippen MR) is 86.5 cm³/mol. The lowest BCUT2D eigenvalue weighted by Gasteiger charge is -2.47. The first-order valence-corrected chi connectivity index (χ1v) is 8.52. The second kappa shape index (κ2) is 6.37. The van der Waals surface area contributed by atoms with Gasteiger partial charge in [0.2, 0.25) is 11.8 Å². The zero-order valence-corrected chi connectivity index (χ0v) is 13.9. The van der Waals surface area contributed by atoms with Gasteiger partial charge in [0, 0.05) is 18.7 Å². The van der Waals surface area contributed by atoms with Crippen molar-refractivity contribution in [2.24, 2.45) is 5.73 Å². The van der Waals surface area contributed by atoms with E-state index in [1.165, 1.54) is 11.0 Å². The highest BCUT2D eigenvalue weighted by molar-refractivity contribution is 5.89. The van der Waals surface area contributed by atoms with Crippen LogP contribution in [0.4, 0.5) is 8.78 Å². The van der Waals surface area contributed by atoms with E-state index in [0.717, 1.165) is 12.1 Å². The lowest BCUT2D eigenvalue weighted by molar-refractivity contribution is -0.150. The molecule has 1 aliphatic heterocycles. The fourth-order valence-electron chi connectivity index (χ4n) is 4.11. The van der Waals surface area contributed by atoms with Crippen molar-refractivity contribution < 1.29 is 23.5 Å². The molecule has 0 bridgehead atoms. The summed E-state index contributed by atoms with van der Waals surface area (Å²) in [6.07, 6.45) is 2.08. The lowest BCUT2D eigenvalue weighted by Crippen LogP contribution is -2.58. The van der Waals surface area contributed by atoms with E-state index >= 15 is 0 Å². The van der Waals surface area contributed by atoms with Gasteiger partial charge < -0.3 is 15.7 Å². The van der Waals surface area contributed by atoms with E-state index in [9.17, 15) is 23.5 Å². The average Bonchev–Trinajstić information content (AvgIpc) is 2.47. The number of carbonyl (C=O) groups is 2. The Bertz CT molecular complexity index is 685. The fraction of sp³-hybridized carbons (Fsp3) is 0.556. The number of amides is 2. The van der Waals surface area contributed by atoms with E-state index in [1.54, 1.807) is 0 Å². The van der Waals surface area contributed by atoms with Crippen LogP contribution >= 0.6 is 0 Å². The van der Waals surface area contributed by atoms with Crippen LogP contribution in [0.15, 0.2) is 18.2 Å². The first-order valence-electron chi connectivity index (χ1n) is 8.52. The van der Waals surface area contributed by atoms with E-state index in [4.69, 9.17) is 5.73 Å². The molecule has 1 unspecified atom stereocenters. The van der Waals surface area contributed by atoms with Crippen LogP contribution in [0.5, 0.6) is 0 Å². The third-order valence-electron chi connectivity index (χ3n) is 5.40. The summed E-state index contributed by atoms with van der Waals surface area (Å²) in [4.78, 5) is 25.8. The van der Waals surface area contributed by atoms with Gasteiger partial charge in [-0.2, -0.15) is 0 Å². The topological polar surface area (TPSA) is 83.6 Å². The number of aliphatic hydroxyl groups is 1. The largest absolute Gasteiger partial charge is 0.388 e. The Morgan fingerprint density at radius 2 is 1.80 bits per heavy atom. The molecule has 3 N–H and O–H groups in total. The Morgan fingerprint density at radius 1 is 1.16 bits per heavy atom. The Hall–Kier alpha value is -2.02. The number of hydrogen-bond donors (Lipinski definition) is 2. The maximum atomic E-state index is 14.3. The lowest BCUT2D eigenvalue weighted by atomic mass is 9.63. The zero-order chi connectivity index (χ0) is 18.2. The van der Waals surface area contributed by atoms with Crippen molar-refractivity contribution in [3.63, 3.8) is 0 Å². The molecule has 0 aromatic heterocycles. The van der Waals surface area contributed by atoms with Gasteiger partial charge >= 0.3 is 0 Å². The van der Waals surface area contributed by atoms with Crippen molar-refractivity contribution in [3.05, 3.63) is 35.4 Å². The molecule has 136 valence electrons. The van der Waals surface area contributed by atoms with Gasteiger partial charge in [-0.05, 0) is 37.8 Å². The van der Waals surface area contributed by atoms with E-state index in [1.807, 2.05) is 0 Å². The molecular formula is C18H22F2N2O3. The number of rotatable bonds is 4. The summed E-state index contributed by atoms with van der Waals surface area (Å²) in [7, 11) is 0. The third kappa shape index (κ3) is 3.13. The average molecular weight is 352 g/mol. The number of primary amides is 1. The Morgan fingerprint density at radius 3 is 2.32 bits per heavy atom. The number of carbonyl (C=O) groups excluding carboxylic acids is 2. The second-order valence-electron chi connectivity index (χ2n) is 7.23. The van der Waals surface area contributed by atoms with Crippen LogP contribution < -0.4 is 5.73 Å². The van der Waals surface area contributed by atoms with Crippen LogP contribution in [-0.2, 0) is 15.0 Å². The minimum atomic E-state index is -1.38. The molecule has 2 aliphatic rings. The predicted octanol–water partition coefficient (Wildman–Crippen LogP) is 1.62. The molecule has 3 rings (SSSR count). The highest BCUT2D eigenvalue weighted by Crippen LogP contribution is 2.47. The Kier molecular flexibility index (Phi) is 4.53. The summed E-state index contributed by atoms with van der Waals surface area (Å²) in [5, 5.41) is 10.6. The minimum Gasteiger partial charge on any atom is -0.388 e. The van der Waals surface area contributed by atoms with Crippen LogP contribution in [0.2, 0.25) is 0 Å². The minimum absolute atomic E-state index is 0.0490. The third-order valence-corrected chi connectivity index (χ3v) is 5.40. The van der Waals surface area contributed by atoms with Crippen LogP contribution in [-0.4, -0.2) is 40.5 Å². The van der Waals surface area contributed by atoms with E-state index in [-0.39, 0.29) is 24.4 Å². The summed E-state index contributed by atoms with van der Waals surface area (Å²) in [5.74, 6) is -2.48. The molecule has 1 aromatic carbocycles. The molecule has 7 heteroatoms. The van der Waals surface area contributed by atoms with E-state index < -0.39 is 28.6 Å². The van der Waals surface area contributed by atoms with Gasteiger partial charge in [-0.3, -0.25) is 9.59 Å². The molecule has 25 heavy (non-hydrogen) atoms. The van der Waals surface area contributed by atoms with Crippen molar-refractivity contribution in [1.82, 2.24) is 4.90 Å². The monoisotopic (exact) mass is 352 g/mol. The number of β-amino-alcohol motifs (C(OH)–C–C–N with tert-alkyl or cyclic N) is 1. The standard InChI is InChI=1S/C18H22F2N2O3/c19-12-4-1-5-13(20)15(12)18(7-2-8-18)16(24)22-9-3-6-17(25,11-22)10-14(21)23/h1,4-5,25H,2-3,6-11H2,(H2,21,23). The summed E-state index contributed by atoms with van der Waals surface area (Å²) in [5.41, 5.74) is 2.40. The molecule has 2 amide bonds. The highest BCUT2D eigenvalue weighted by Gasteiger charge is 2.52. The number of benzene rings is 1. The number of likely N-dealkylation sites (tertiary alicyclic amines) is 1. The van der Waals surface area contributed by atoms with Gasteiger partial charge in [-0.1, -0.05) is 12.5 Å². The van der Waals surface area contributed by atoms with Crippen molar-refractivity contribution in [3.8, 4) is 0 Å². The van der Waals surface area contributed by atoms with Crippen molar-refractivity contribution in [2.45, 2.75) is 49.5 Å². The highest BCUT2D eigenvalue weighted by atomic mass is 19.1. The molecule has 0 spiro atoms. The molecule has 1 saturated heterocycles. The molecule has 1 heterocycles. The quantitative estimate of drug-likeness (QED) is 0.864. The Balaban J connectivity index is 1.89. The molecule has 1 aromatic rings. The summed E-state index contributed by atoms with van der Waals surface area (Å²) in [6.45, 7) is 0.338. The number of nitrogens with two attached hydrogens (primary N) is 1. The number of piperidine rings is 1. The summed E-state index contributed by atoms with van der Waals surface area (Å²) in [6, 6.07) is 3.59. The summed E-state index contributed by atoms with van der Waals surface area (Å²) < 4.78 is 28.6. The smallest absolute Gasteiger partial charge is 0.233 e. The SMILES string of the molecule is NC(=O)CC1(O)CCCN(C(=O)C2(c3c(F)cccc3F)CCC2)C1. The number of hydrogen-bond acceptors (Lipinski definition) is 3. The Labute approximate surface area is 144 Å². The molecular weight excluding hydrogens is 330 g/mol. The molecule has 1 saturated carbocycles. The van der Waals surface area contributed by atoms with Crippen LogP contribution in [0.25, 0.3) is 0 Å². The normalized spacial score (nSPS) is 25.3. The van der Waals surface area contributed by atoms with Gasteiger partial charge in [0.1, 0.15) is 11.6 Å². The van der Waals surface area contributed by atoms with Gasteiger partial charge in [-0.15, -0.1) is 0 Å². The zero-order valence-electron chi connectivity index (χ0n) is 13.9. The fourth-order valence-corrected chi connectivity index (χ4v) is 4.11. The molecule has 0 radical (unpaired) electrons. The van der Waals surface area contributed by atoms with Crippen LogP contribution in [0.3, 0.4) is 0 Å². The number of halogens is 2. The van der Waals surface area contributed by atoms with Gasteiger partial charge in [0.25, 0.3) is 0 Å². The molecule has 1 aliphatic carbocycles. The van der Waals surface area contributed by atoms with Crippen LogP contribution in [0.1, 0.15) is 44.1 Å². The first-order chi connectivity index (χ1) is 11.8. The summed E-state index contributed by atoms with van der Waals surface area (Å²) >= 11 is 0. The van der Waals surface area contributed by atoms with Crippen molar-refractivity contribution in [2.75, 3.05) is 13.1 Å². The molecule has 1 atom stereocenters. The first kappa shape index (κ1) is 17.8. The maximum Gasteiger partial charge on any atom is 0.233 e. The molecule has 5 nitrogen and oxygen atoms in total. The number of nitrogens with zero attached hydrogens (tertiary/aromatic N) is 1. The van der Waals surface area contributed by atoms with Crippen molar-refractivity contribution in [1.29, 1.82) is 0 Å². The molecule has 2 fully saturated rings.